The van der Waals surface area contributed by atoms with Crippen molar-refractivity contribution in [2.75, 3.05) is 19.6 Å². The van der Waals surface area contributed by atoms with Crippen molar-refractivity contribution in [3.63, 3.8) is 0 Å². The first kappa shape index (κ1) is 9.32. The standard InChI is InChI=1S/C8H17N3O/c1-6(2)11-8(12)10-5-7-3-9-4-7/h6-7,9H,3-5H2,1-2H3,(H2,10,11,12). The van der Waals surface area contributed by atoms with Crippen LogP contribution < -0.4 is 16.0 Å². The largest absolute Gasteiger partial charge is 0.338 e. The third-order valence-electron chi connectivity index (χ3n) is 1.84. The summed E-state index contributed by atoms with van der Waals surface area (Å²) in [5, 5.41) is 8.76. The van der Waals surface area contributed by atoms with Gasteiger partial charge in [0.1, 0.15) is 0 Å². The molecule has 70 valence electrons. The molecule has 0 saturated carbocycles. The first-order valence-electron chi connectivity index (χ1n) is 4.43. The molecule has 0 aromatic carbocycles. The third kappa shape index (κ3) is 3.09. The Morgan fingerprint density at radius 1 is 1.58 bits per heavy atom. The number of hydrogen-bond acceptors (Lipinski definition) is 2. The van der Waals surface area contributed by atoms with E-state index in [9.17, 15) is 4.79 Å². The number of carbonyl (C=O) groups is 1. The lowest BCUT2D eigenvalue weighted by molar-refractivity contribution is 0.233. The van der Waals surface area contributed by atoms with Crippen molar-refractivity contribution in [3.8, 4) is 0 Å². The average molecular weight is 171 g/mol. The Hall–Kier alpha value is -0.770. The normalized spacial score (nSPS) is 17.2. The minimum absolute atomic E-state index is 0.0584. The Balaban J connectivity index is 2.01. The average Bonchev–Trinajstić information content (AvgIpc) is 1.81. The van der Waals surface area contributed by atoms with Gasteiger partial charge in [-0.15, -0.1) is 0 Å². The van der Waals surface area contributed by atoms with Gasteiger partial charge in [0, 0.05) is 31.6 Å². The highest BCUT2D eigenvalue weighted by Crippen LogP contribution is 1.99. The molecule has 0 aromatic rings. The van der Waals surface area contributed by atoms with Crippen LogP contribution in [0.2, 0.25) is 0 Å². The van der Waals surface area contributed by atoms with Crippen LogP contribution in [-0.4, -0.2) is 31.7 Å². The van der Waals surface area contributed by atoms with Gasteiger partial charge in [-0.25, -0.2) is 4.79 Å². The Morgan fingerprint density at radius 2 is 2.25 bits per heavy atom. The van der Waals surface area contributed by atoms with E-state index in [-0.39, 0.29) is 12.1 Å². The second-order valence-corrected chi connectivity index (χ2v) is 3.53. The van der Waals surface area contributed by atoms with E-state index in [1.807, 2.05) is 13.8 Å². The fourth-order valence-electron chi connectivity index (χ4n) is 1.04. The fourth-order valence-corrected chi connectivity index (χ4v) is 1.04. The second kappa shape index (κ2) is 4.30. The maximum absolute atomic E-state index is 11.1. The topological polar surface area (TPSA) is 53.2 Å². The summed E-state index contributed by atoms with van der Waals surface area (Å²) in [5.74, 6) is 0.628. The zero-order valence-corrected chi connectivity index (χ0v) is 7.68. The van der Waals surface area contributed by atoms with E-state index in [4.69, 9.17) is 0 Å². The number of carbonyl (C=O) groups excluding carboxylic acids is 1. The molecule has 4 heteroatoms. The summed E-state index contributed by atoms with van der Waals surface area (Å²) >= 11 is 0. The maximum Gasteiger partial charge on any atom is 0.314 e. The molecule has 1 aliphatic heterocycles. The van der Waals surface area contributed by atoms with Crippen molar-refractivity contribution >= 4 is 6.03 Å². The van der Waals surface area contributed by atoms with Crippen molar-refractivity contribution < 1.29 is 4.79 Å². The molecule has 0 aromatic heterocycles. The minimum Gasteiger partial charge on any atom is -0.338 e. The molecule has 0 radical (unpaired) electrons. The molecular formula is C8H17N3O. The van der Waals surface area contributed by atoms with Gasteiger partial charge in [0.25, 0.3) is 0 Å². The van der Waals surface area contributed by atoms with Crippen LogP contribution in [0.1, 0.15) is 13.8 Å². The molecule has 3 N–H and O–H groups in total. The van der Waals surface area contributed by atoms with Crippen LogP contribution >= 0.6 is 0 Å². The maximum atomic E-state index is 11.1. The lowest BCUT2D eigenvalue weighted by Gasteiger charge is -2.27. The van der Waals surface area contributed by atoms with Crippen molar-refractivity contribution in [2.45, 2.75) is 19.9 Å². The van der Waals surface area contributed by atoms with E-state index in [2.05, 4.69) is 16.0 Å². The van der Waals surface area contributed by atoms with Crippen LogP contribution in [0.25, 0.3) is 0 Å². The second-order valence-electron chi connectivity index (χ2n) is 3.53. The summed E-state index contributed by atoms with van der Waals surface area (Å²) in [4.78, 5) is 11.1. The Morgan fingerprint density at radius 3 is 2.67 bits per heavy atom. The van der Waals surface area contributed by atoms with Crippen molar-refractivity contribution in [1.29, 1.82) is 0 Å². The zero-order valence-electron chi connectivity index (χ0n) is 7.68. The number of amides is 2. The first-order chi connectivity index (χ1) is 5.68. The molecule has 4 nitrogen and oxygen atoms in total. The van der Waals surface area contributed by atoms with E-state index in [1.54, 1.807) is 0 Å². The van der Waals surface area contributed by atoms with Crippen LogP contribution in [0, 0.1) is 5.92 Å². The highest BCUT2D eigenvalue weighted by Gasteiger charge is 2.16. The SMILES string of the molecule is CC(C)NC(=O)NCC1CNC1. The summed E-state index contributed by atoms with van der Waals surface area (Å²) in [6.07, 6.45) is 0. The summed E-state index contributed by atoms with van der Waals surface area (Å²) in [7, 11) is 0. The van der Waals surface area contributed by atoms with Crippen molar-refractivity contribution in [1.82, 2.24) is 16.0 Å². The molecule has 1 heterocycles. The molecule has 1 aliphatic rings. The predicted octanol–water partition coefficient (Wildman–Crippen LogP) is -0.0866. The van der Waals surface area contributed by atoms with Crippen LogP contribution in [0.3, 0.4) is 0 Å². The third-order valence-corrected chi connectivity index (χ3v) is 1.84. The highest BCUT2D eigenvalue weighted by molar-refractivity contribution is 5.74. The summed E-state index contributed by atoms with van der Waals surface area (Å²) in [6, 6.07) is 0.154. The molecule has 2 amide bonds. The Kier molecular flexibility index (Phi) is 3.34. The van der Waals surface area contributed by atoms with E-state index in [1.165, 1.54) is 0 Å². The quantitative estimate of drug-likeness (QED) is 0.556. The van der Waals surface area contributed by atoms with Gasteiger partial charge in [0.05, 0.1) is 0 Å². The summed E-state index contributed by atoms with van der Waals surface area (Å²) in [5.41, 5.74) is 0. The smallest absolute Gasteiger partial charge is 0.314 e. The molecule has 1 saturated heterocycles. The molecule has 0 spiro atoms. The van der Waals surface area contributed by atoms with Gasteiger partial charge < -0.3 is 16.0 Å². The van der Waals surface area contributed by atoms with Crippen LogP contribution in [0.15, 0.2) is 0 Å². The molecule has 0 aliphatic carbocycles. The fraction of sp³-hybridized carbons (Fsp3) is 0.875. The van der Waals surface area contributed by atoms with Crippen molar-refractivity contribution in [2.24, 2.45) is 5.92 Å². The van der Waals surface area contributed by atoms with Crippen LogP contribution in [-0.2, 0) is 0 Å². The molecule has 0 bridgehead atoms. The van der Waals surface area contributed by atoms with Gasteiger partial charge in [-0.2, -0.15) is 0 Å². The number of nitrogens with one attached hydrogen (secondary N) is 3. The van der Waals surface area contributed by atoms with E-state index in [0.717, 1.165) is 19.6 Å². The minimum atomic E-state index is -0.0584. The molecular weight excluding hydrogens is 154 g/mol. The zero-order chi connectivity index (χ0) is 8.97. The van der Waals surface area contributed by atoms with Crippen LogP contribution in [0.5, 0.6) is 0 Å². The molecule has 12 heavy (non-hydrogen) atoms. The van der Waals surface area contributed by atoms with Crippen molar-refractivity contribution in [3.05, 3.63) is 0 Å². The first-order valence-corrected chi connectivity index (χ1v) is 4.43. The number of hydrogen-bond donors (Lipinski definition) is 3. The summed E-state index contributed by atoms with van der Waals surface area (Å²) in [6.45, 7) is 6.74. The van der Waals surface area contributed by atoms with Gasteiger partial charge in [0.2, 0.25) is 0 Å². The molecule has 0 unspecified atom stereocenters. The Bertz CT molecular complexity index is 154. The van der Waals surface area contributed by atoms with E-state index >= 15 is 0 Å². The summed E-state index contributed by atoms with van der Waals surface area (Å²) < 4.78 is 0. The monoisotopic (exact) mass is 171 g/mol. The van der Waals surface area contributed by atoms with Gasteiger partial charge in [0.15, 0.2) is 0 Å². The van der Waals surface area contributed by atoms with E-state index < -0.39 is 0 Å². The number of urea groups is 1. The van der Waals surface area contributed by atoms with E-state index in [0.29, 0.717) is 5.92 Å². The molecule has 1 fully saturated rings. The van der Waals surface area contributed by atoms with Gasteiger partial charge >= 0.3 is 6.03 Å². The predicted molar refractivity (Wildman–Crippen MR) is 48.0 cm³/mol. The number of rotatable bonds is 3. The molecule has 1 rings (SSSR count). The van der Waals surface area contributed by atoms with Gasteiger partial charge in [-0.05, 0) is 13.8 Å². The van der Waals surface area contributed by atoms with Gasteiger partial charge in [-0.1, -0.05) is 0 Å². The Labute approximate surface area is 73.1 Å². The molecule has 0 atom stereocenters. The highest BCUT2D eigenvalue weighted by atomic mass is 16.2. The lowest BCUT2D eigenvalue weighted by Crippen LogP contribution is -2.50. The lowest BCUT2D eigenvalue weighted by atomic mass is 10.0. The van der Waals surface area contributed by atoms with Gasteiger partial charge in [-0.3, -0.25) is 0 Å². The van der Waals surface area contributed by atoms with Crippen LogP contribution in [0.4, 0.5) is 4.79 Å².